The molecule has 0 fully saturated rings. The standard InChI is InChI=1S/C15H24ClNO2S/c1-4-7-17-15(6-5-8-20(3,18)19)13-9-12(2)10-14(16)11-13/h9-11,15,17H,4-8H2,1-3H3. The second-order valence-electron chi connectivity index (χ2n) is 5.34. The second kappa shape index (κ2) is 8.01. The molecule has 0 aromatic heterocycles. The number of hydrogen-bond donors (Lipinski definition) is 1. The molecule has 0 radical (unpaired) electrons. The molecule has 114 valence electrons. The predicted octanol–water partition coefficient (Wildman–Crippen LogP) is 3.51. The fourth-order valence-electron chi connectivity index (χ4n) is 2.22. The van der Waals surface area contributed by atoms with Gasteiger partial charge in [-0.05, 0) is 56.0 Å². The third-order valence-corrected chi connectivity index (χ3v) is 4.36. The molecule has 1 unspecified atom stereocenters. The summed E-state index contributed by atoms with van der Waals surface area (Å²) in [5.74, 6) is 0.233. The Morgan fingerprint density at radius 3 is 2.55 bits per heavy atom. The van der Waals surface area contributed by atoms with Gasteiger partial charge in [0.1, 0.15) is 9.84 Å². The maximum atomic E-state index is 11.2. The fraction of sp³-hybridized carbons (Fsp3) is 0.600. The normalized spacial score (nSPS) is 13.4. The maximum absolute atomic E-state index is 11.2. The van der Waals surface area contributed by atoms with E-state index in [4.69, 9.17) is 11.6 Å². The molecule has 0 bridgehead atoms. The Hall–Kier alpha value is -0.580. The number of benzene rings is 1. The average molecular weight is 318 g/mol. The van der Waals surface area contributed by atoms with Crippen LogP contribution in [0.1, 0.15) is 43.4 Å². The van der Waals surface area contributed by atoms with Crippen LogP contribution in [0.15, 0.2) is 18.2 Å². The van der Waals surface area contributed by atoms with Crippen LogP contribution in [0.2, 0.25) is 5.02 Å². The lowest BCUT2D eigenvalue weighted by molar-refractivity contribution is 0.492. The summed E-state index contributed by atoms with van der Waals surface area (Å²) in [6.45, 7) is 5.04. The van der Waals surface area contributed by atoms with Crippen LogP contribution in [-0.2, 0) is 9.84 Å². The molecule has 0 saturated carbocycles. The number of aryl methyl sites for hydroxylation is 1. The van der Waals surface area contributed by atoms with Gasteiger partial charge in [-0.15, -0.1) is 0 Å². The van der Waals surface area contributed by atoms with E-state index in [0.29, 0.717) is 6.42 Å². The lowest BCUT2D eigenvalue weighted by Crippen LogP contribution is -2.23. The zero-order chi connectivity index (χ0) is 15.2. The number of sulfone groups is 1. The quantitative estimate of drug-likeness (QED) is 0.798. The van der Waals surface area contributed by atoms with Gasteiger partial charge >= 0.3 is 0 Å². The number of halogens is 1. The molecule has 0 aliphatic carbocycles. The van der Waals surface area contributed by atoms with E-state index in [2.05, 4.69) is 18.3 Å². The SMILES string of the molecule is CCCNC(CCCS(C)(=O)=O)c1cc(C)cc(Cl)c1. The molecule has 1 rings (SSSR count). The highest BCUT2D eigenvalue weighted by atomic mass is 35.5. The Kier molecular flexibility index (Phi) is 7.00. The van der Waals surface area contributed by atoms with E-state index in [1.807, 2.05) is 19.1 Å². The lowest BCUT2D eigenvalue weighted by Gasteiger charge is -2.19. The molecule has 0 saturated heterocycles. The van der Waals surface area contributed by atoms with Crippen LogP contribution in [0.5, 0.6) is 0 Å². The molecule has 0 aliphatic rings. The van der Waals surface area contributed by atoms with Gasteiger partial charge in [-0.2, -0.15) is 0 Å². The fourth-order valence-corrected chi connectivity index (χ4v) is 3.21. The zero-order valence-corrected chi connectivity index (χ0v) is 14.0. The van der Waals surface area contributed by atoms with E-state index >= 15 is 0 Å². The summed E-state index contributed by atoms with van der Waals surface area (Å²) in [5.41, 5.74) is 2.26. The third-order valence-electron chi connectivity index (χ3n) is 3.12. The number of hydrogen-bond acceptors (Lipinski definition) is 3. The third kappa shape index (κ3) is 6.73. The summed E-state index contributed by atoms with van der Waals surface area (Å²) in [7, 11) is -2.89. The van der Waals surface area contributed by atoms with Crippen molar-refractivity contribution in [2.75, 3.05) is 18.6 Å². The highest BCUT2D eigenvalue weighted by molar-refractivity contribution is 7.90. The van der Waals surface area contributed by atoms with Crippen LogP contribution in [0.3, 0.4) is 0 Å². The molecule has 1 N–H and O–H groups in total. The first kappa shape index (κ1) is 17.5. The van der Waals surface area contributed by atoms with E-state index < -0.39 is 9.84 Å². The molecule has 1 aromatic rings. The Balaban J connectivity index is 2.77. The molecule has 5 heteroatoms. The summed E-state index contributed by atoms with van der Waals surface area (Å²) in [4.78, 5) is 0. The lowest BCUT2D eigenvalue weighted by atomic mass is 10.0. The van der Waals surface area contributed by atoms with Crippen molar-refractivity contribution in [2.24, 2.45) is 0 Å². The highest BCUT2D eigenvalue weighted by Gasteiger charge is 2.13. The first-order valence-corrected chi connectivity index (χ1v) is 9.44. The van der Waals surface area contributed by atoms with Crippen LogP contribution in [-0.4, -0.2) is 27.0 Å². The molecule has 0 aliphatic heterocycles. The summed E-state index contributed by atoms with van der Waals surface area (Å²) in [5, 5.41) is 4.20. The Labute approximate surface area is 127 Å². The Bertz CT molecular complexity index is 508. The van der Waals surface area contributed by atoms with Crippen LogP contribution >= 0.6 is 11.6 Å². The highest BCUT2D eigenvalue weighted by Crippen LogP contribution is 2.24. The van der Waals surface area contributed by atoms with E-state index in [0.717, 1.165) is 35.5 Å². The van der Waals surface area contributed by atoms with Crippen molar-refractivity contribution in [1.29, 1.82) is 0 Å². The van der Waals surface area contributed by atoms with Crippen LogP contribution in [0.25, 0.3) is 0 Å². The number of nitrogens with one attached hydrogen (secondary N) is 1. The predicted molar refractivity (Wildman–Crippen MR) is 86.2 cm³/mol. The van der Waals surface area contributed by atoms with Crippen molar-refractivity contribution < 1.29 is 8.42 Å². The average Bonchev–Trinajstić information content (AvgIpc) is 2.30. The van der Waals surface area contributed by atoms with Gasteiger partial charge < -0.3 is 5.32 Å². The van der Waals surface area contributed by atoms with Crippen molar-refractivity contribution in [2.45, 2.75) is 39.2 Å². The van der Waals surface area contributed by atoms with Crippen molar-refractivity contribution in [3.05, 3.63) is 34.3 Å². The van der Waals surface area contributed by atoms with Crippen molar-refractivity contribution >= 4 is 21.4 Å². The van der Waals surface area contributed by atoms with E-state index in [9.17, 15) is 8.42 Å². The van der Waals surface area contributed by atoms with Gasteiger partial charge in [0.05, 0.1) is 0 Å². The first-order valence-electron chi connectivity index (χ1n) is 7.00. The molecular formula is C15H24ClNO2S. The summed E-state index contributed by atoms with van der Waals surface area (Å²) in [6.07, 6.45) is 3.78. The van der Waals surface area contributed by atoms with Gasteiger partial charge in [-0.1, -0.05) is 24.6 Å². The monoisotopic (exact) mass is 317 g/mol. The maximum Gasteiger partial charge on any atom is 0.147 e. The molecular weight excluding hydrogens is 294 g/mol. The first-order chi connectivity index (χ1) is 9.31. The van der Waals surface area contributed by atoms with Gasteiger partial charge in [0, 0.05) is 23.1 Å². The summed E-state index contributed by atoms with van der Waals surface area (Å²) < 4.78 is 22.5. The van der Waals surface area contributed by atoms with Crippen molar-refractivity contribution in [1.82, 2.24) is 5.32 Å². The van der Waals surface area contributed by atoms with Crippen LogP contribution < -0.4 is 5.32 Å². The Morgan fingerprint density at radius 1 is 1.30 bits per heavy atom. The summed E-state index contributed by atoms with van der Waals surface area (Å²) >= 11 is 6.11. The Morgan fingerprint density at radius 2 is 2.00 bits per heavy atom. The smallest absolute Gasteiger partial charge is 0.147 e. The molecule has 20 heavy (non-hydrogen) atoms. The minimum Gasteiger partial charge on any atom is -0.310 e. The van der Waals surface area contributed by atoms with Crippen molar-refractivity contribution in [3.63, 3.8) is 0 Å². The molecule has 0 spiro atoms. The van der Waals surface area contributed by atoms with Gasteiger partial charge in [-0.3, -0.25) is 0 Å². The van der Waals surface area contributed by atoms with Gasteiger partial charge in [0.2, 0.25) is 0 Å². The van der Waals surface area contributed by atoms with E-state index in [1.165, 1.54) is 6.26 Å². The molecule has 3 nitrogen and oxygen atoms in total. The van der Waals surface area contributed by atoms with Gasteiger partial charge in [-0.25, -0.2) is 8.42 Å². The van der Waals surface area contributed by atoms with Gasteiger partial charge in [0.15, 0.2) is 0 Å². The molecule has 1 aromatic carbocycles. The second-order valence-corrected chi connectivity index (χ2v) is 8.04. The number of rotatable bonds is 8. The van der Waals surface area contributed by atoms with Crippen LogP contribution in [0.4, 0.5) is 0 Å². The zero-order valence-electron chi connectivity index (χ0n) is 12.4. The van der Waals surface area contributed by atoms with Crippen LogP contribution in [0, 0.1) is 6.92 Å². The summed E-state index contributed by atoms with van der Waals surface area (Å²) in [6, 6.07) is 6.16. The molecule has 0 heterocycles. The topological polar surface area (TPSA) is 46.2 Å². The molecule has 1 atom stereocenters. The minimum absolute atomic E-state index is 0.161. The van der Waals surface area contributed by atoms with Gasteiger partial charge in [0.25, 0.3) is 0 Å². The van der Waals surface area contributed by atoms with Crippen molar-refractivity contribution in [3.8, 4) is 0 Å². The van der Waals surface area contributed by atoms with E-state index in [1.54, 1.807) is 0 Å². The van der Waals surface area contributed by atoms with E-state index in [-0.39, 0.29) is 11.8 Å². The molecule has 0 amide bonds. The minimum atomic E-state index is -2.89. The largest absolute Gasteiger partial charge is 0.310 e.